The van der Waals surface area contributed by atoms with Crippen molar-refractivity contribution in [2.75, 3.05) is 67.2 Å². The van der Waals surface area contributed by atoms with Crippen LogP contribution in [-0.2, 0) is 38.1 Å². The van der Waals surface area contributed by atoms with Crippen molar-refractivity contribution < 1.29 is 38.1 Å². The first kappa shape index (κ1) is 33.8. The van der Waals surface area contributed by atoms with Crippen LogP contribution in [0.15, 0.2) is 0 Å². The standard InChI is InChI=1S/C26H48N2O8/c1-5-16-27(2)18-21-35-25(31)14-8-9-15-26(32)36-22-19-28(3)17-10-11-20-34-24(30)13-7-6-12-23(29)33-4/h5-22H2,1-4H3. The van der Waals surface area contributed by atoms with Crippen LogP contribution in [0.5, 0.6) is 0 Å². The molecule has 0 saturated carbocycles. The van der Waals surface area contributed by atoms with E-state index in [4.69, 9.17) is 14.2 Å². The summed E-state index contributed by atoms with van der Waals surface area (Å²) in [6.07, 6.45) is 6.37. The van der Waals surface area contributed by atoms with Crippen LogP contribution in [0.2, 0.25) is 0 Å². The Morgan fingerprint density at radius 2 is 0.944 bits per heavy atom. The molecule has 0 atom stereocenters. The topological polar surface area (TPSA) is 112 Å². The van der Waals surface area contributed by atoms with Crippen LogP contribution in [0, 0.1) is 0 Å². The molecule has 0 rings (SSSR count). The maximum absolute atomic E-state index is 11.8. The number of hydrogen-bond acceptors (Lipinski definition) is 10. The summed E-state index contributed by atoms with van der Waals surface area (Å²) >= 11 is 0. The number of hydrogen-bond donors (Lipinski definition) is 0. The molecule has 0 aromatic rings. The highest BCUT2D eigenvalue weighted by molar-refractivity contribution is 5.71. The minimum absolute atomic E-state index is 0.222. The molecule has 0 unspecified atom stereocenters. The van der Waals surface area contributed by atoms with Crippen LogP contribution in [0.3, 0.4) is 0 Å². The lowest BCUT2D eigenvalue weighted by atomic mass is 10.2. The molecule has 0 aromatic carbocycles. The van der Waals surface area contributed by atoms with Crippen LogP contribution in [-0.4, -0.2) is 101 Å². The monoisotopic (exact) mass is 516 g/mol. The summed E-state index contributed by atoms with van der Waals surface area (Å²) in [7, 11) is 5.30. The summed E-state index contributed by atoms with van der Waals surface area (Å²) in [6.45, 7) is 6.36. The van der Waals surface area contributed by atoms with Gasteiger partial charge in [-0.15, -0.1) is 0 Å². The van der Waals surface area contributed by atoms with E-state index in [-0.39, 0.29) is 23.9 Å². The first-order chi connectivity index (χ1) is 17.3. The Morgan fingerprint density at radius 1 is 0.528 bits per heavy atom. The van der Waals surface area contributed by atoms with E-state index in [9.17, 15) is 19.2 Å². The highest BCUT2D eigenvalue weighted by atomic mass is 16.5. The molecule has 0 fully saturated rings. The highest BCUT2D eigenvalue weighted by Gasteiger charge is 2.08. The van der Waals surface area contributed by atoms with Crippen molar-refractivity contribution in [3.8, 4) is 0 Å². The van der Waals surface area contributed by atoms with Crippen LogP contribution in [0.1, 0.15) is 77.6 Å². The summed E-state index contributed by atoms with van der Waals surface area (Å²) in [5, 5.41) is 0. The summed E-state index contributed by atoms with van der Waals surface area (Å²) in [5.74, 6) is -0.984. The van der Waals surface area contributed by atoms with Crippen molar-refractivity contribution in [1.82, 2.24) is 9.80 Å². The Bertz CT molecular complexity index is 615. The minimum atomic E-state index is -0.266. The second kappa shape index (κ2) is 23.2. The lowest BCUT2D eigenvalue weighted by Gasteiger charge is -2.16. The molecule has 10 nitrogen and oxygen atoms in total. The summed E-state index contributed by atoms with van der Waals surface area (Å²) in [5.41, 5.74) is 0. The number of unbranched alkanes of at least 4 members (excludes halogenated alkanes) is 3. The molecule has 10 heteroatoms. The fourth-order valence-electron chi connectivity index (χ4n) is 3.30. The van der Waals surface area contributed by atoms with Gasteiger partial charge in [-0.1, -0.05) is 6.92 Å². The smallest absolute Gasteiger partial charge is 0.305 e. The molecule has 0 heterocycles. The summed E-state index contributed by atoms with van der Waals surface area (Å²) < 4.78 is 20.2. The van der Waals surface area contributed by atoms with Crippen molar-refractivity contribution in [2.24, 2.45) is 0 Å². The van der Waals surface area contributed by atoms with Gasteiger partial charge >= 0.3 is 23.9 Å². The van der Waals surface area contributed by atoms with Gasteiger partial charge < -0.3 is 28.7 Å². The van der Waals surface area contributed by atoms with Crippen molar-refractivity contribution in [3.05, 3.63) is 0 Å². The van der Waals surface area contributed by atoms with Gasteiger partial charge in [-0.25, -0.2) is 0 Å². The lowest BCUT2D eigenvalue weighted by molar-refractivity contribution is -0.146. The second-order valence-corrected chi connectivity index (χ2v) is 8.97. The van der Waals surface area contributed by atoms with E-state index >= 15 is 0 Å². The van der Waals surface area contributed by atoms with E-state index < -0.39 is 0 Å². The number of nitrogens with zero attached hydrogens (tertiary/aromatic N) is 2. The number of rotatable bonds is 23. The Kier molecular flexibility index (Phi) is 21.8. The fourth-order valence-corrected chi connectivity index (χ4v) is 3.30. The third-order valence-electron chi connectivity index (χ3n) is 5.53. The van der Waals surface area contributed by atoms with Gasteiger partial charge in [0.25, 0.3) is 0 Å². The molecule has 0 saturated heterocycles. The van der Waals surface area contributed by atoms with E-state index in [2.05, 4.69) is 21.5 Å². The van der Waals surface area contributed by atoms with Gasteiger partial charge in [0, 0.05) is 38.8 Å². The van der Waals surface area contributed by atoms with Crippen molar-refractivity contribution in [3.63, 3.8) is 0 Å². The second-order valence-electron chi connectivity index (χ2n) is 8.97. The zero-order valence-corrected chi connectivity index (χ0v) is 22.9. The molecule has 0 amide bonds. The van der Waals surface area contributed by atoms with Crippen molar-refractivity contribution >= 4 is 23.9 Å². The molecule has 0 bridgehead atoms. The Labute approximate surface area is 216 Å². The third-order valence-corrected chi connectivity index (χ3v) is 5.53. The highest BCUT2D eigenvalue weighted by Crippen LogP contribution is 2.05. The van der Waals surface area contributed by atoms with Crippen LogP contribution in [0.25, 0.3) is 0 Å². The number of carbonyl (C=O) groups excluding carboxylic acids is 4. The number of methoxy groups -OCH3 is 1. The van der Waals surface area contributed by atoms with E-state index in [1.807, 2.05) is 14.1 Å². The van der Waals surface area contributed by atoms with Gasteiger partial charge in [-0.3, -0.25) is 19.2 Å². The third kappa shape index (κ3) is 22.3. The largest absolute Gasteiger partial charge is 0.469 e. The predicted octanol–water partition coefficient (Wildman–Crippen LogP) is 2.96. The predicted molar refractivity (Wildman–Crippen MR) is 136 cm³/mol. The first-order valence-electron chi connectivity index (χ1n) is 13.2. The molecule has 0 aliphatic rings. The lowest BCUT2D eigenvalue weighted by Crippen LogP contribution is -2.25. The molecular formula is C26H48N2O8. The number of carbonyl (C=O) groups is 4. The SMILES string of the molecule is CCCN(C)CCOC(=O)CCCCC(=O)OCCN(C)CCCCOC(=O)CCCCC(=O)OC. The average Bonchev–Trinajstić information content (AvgIpc) is 2.84. The zero-order chi connectivity index (χ0) is 27.0. The molecule has 210 valence electrons. The van der Waals surface area contributed by atoms with E-state index in [0.717, 1.165) is 38.9 Å². The summed E-state index contributed by atoms with van der Waals surface area (Å²) in [6, 6.07) is 0. The Balaban J connectivity index is 3.56. The quantitative estimate of drug-likeness (QED) is 0.114. The van der Waals surface area contributed by atoms with Crippen molar-refractivity contribution in [2.45, 2.75) is 77.6 Å². The van der Waals surface area contributed by atoms with Crippen LogP contribution < -0.4 is 0 Å². The molecule has 0 aliphatic heterocycles. The number of ether oxygens (including phenoxy) is 4. The zero-order valence-electron chi connectivity index (χ0n) is 22.9. The van der Waals surface area contributed by atoms with Gasteiger partial charge in [-0.05, 0) is 72.1 Å². The Hall–Kier alpha value is -2.20. The number of esters is 4. The van der Waals surface area contributed by atoms with Gasteiger partial charge in [-0.2, -0.15) is 0 Å². The maximum Gasteiger partial charge on any atom is 0.305 e. The van der Waals surface area contributed by atoms with Gasteiger partial charge in [0.05, 0.1) is 13.7 Å². The van der Waals surface area contributed by atoms with E-state index in [0.29, 0.717) is 77.7 Å². The molecule has 0 N–H and O–H groups in total. The molecule has 0 aromatic heterocycles. The minimum Gasteiger partial charge on any atom is -0.469 e. The van der Waals surface area contributed by atoms with Crippen molar-refractivity contribution in [1.29, 1.82) is 0 Å². The molecule has 36 heavy (non-hydrogen) atoms. The molecule has 0 aliphatic carbocycles. The average molecular weight is 517 g/mol. The van der Waals surface area contributed by atoms with Gasteiger partial charge in [0.15, 0.2) is 0 Å². The Morgan fingerprint density at radius 3 is 1.39 bits per heavy atom. The number of likely N-dealkylation sites (N-methyl/N-ethyl adjacent to an activating group) is 2. The van der Waals surface area contributed by atoms with E-state index in [1.165, 1.54) is 7.11 Å². The summed E-state index contributed by atoms with van der Waals surface area (Å²) in [4.78, 5) is 50.4. The van der Waals surface area contributed by atoms with Crippen LogP contribution in [0.4, 0.5) is 0 Å². The van der Waals surface area contributed by atoms with Crippen LogP contribution >= 0.6 is 0 Å². The van der Waals surface area contributed by atoms with Gasteiger partial charge in [0.2, 0.25) is 0 Å². The van der Waals surface area contributed by atoms with E-state index in [1.54, 1.807) is 0 Å². The molecular weight excluding hydrogens is 468 g/mol. The molecule has 0 radical (unpaired) electrons. The normalized spacial score (nSPS) is 10.9. The first-order valence-corrected chi connectivity index (χ1v) is 13.2. The molecule has 0 spiro atoms. The fraction of sp³-hybridized carbons (Fsp3) is 0.846. The maximum atomic E-state index is 11.8. The van der Waals surface area contributed by atoms with Gasteiger partial charge in [0.1, 0.15) is 13.2 Å².